The molecule has 0 atom stereocenters. The topological polar surface area (TPSA) is 25.8 Å². The van der Waals surface area contributed by atoms with E-state index in [2.05, 4.69) is 64.1 Å². The van der Waals surface area contributed by atoms with Gasteiger partial charge in [0.25, 0.3) is 0 Å². The smallest absolute Gasteiger partial charge is 0.0897 e. The summed E-state index contributed by atoms with van der Waals surface area (Å²) in [5.41, 5.74) is 6.65. The van der Waals surface area contributed by atoms with E-state index >= 15 is 0 Å². The molecule has 0 N–H and O–H groups in total. The molecule has 0 aliphatic heterocycles. The van der Waals surface area contributed by atoms with E-state index in [0.717, 1.165) is 28.5 Å². The lowest BCUT2D eigenvalue weighted by molar-refractivity contribution is 0.591. The number of fused-ring (bicyclic) bond motifs is 2. The zero-order valence-corrected chi connectivity index (χ0v) is 12.6. The molecular weight excluding hydrogens is 244 g/mol. The first-order valence-electron chi connectivity index (χ1n) is 7.18. The Labute approximate surface area is 119 Å². The molecule has 0 amide bonds. The van der Waals surface area contributed by atoms with Crippen LogP contribution in [-0.4, -0.2) is 9.97 Å². The van der Waals surface area contributed by atoms with Gasteiger partial charge in [0.05, 0.1) is 22.1 Å². The molecule has 2 heteroatoms. The van der Waals surface area contributed by atoms with Crippen LogP contribution >= 0.6 is 0 Å². The zero-order chi connectivity index (χ0) is 14.3. The van der Waals surface area contributed by atoms with Gasteiger partial charge in [-0.05, 0) is 47.2 Å². The van der Waals surface area contributed by atoms with E-state index in [4.69, 9.17) is 9.97 Å². The van der Waals surface area contributed by atoms with Gasteiger partial charge in [0.2, 0.25) is 0 Å². The second kappa shape index (κ2) is 4.55. The predicted molar refractivity (Wildman–Crippen MR) is 85.1 cm³/mol. The summed E-state index contributed by atoms with van der Waals surface area (Å²) >= 11 is 0. The van der Waals surface area contributed by atoms with Crippen molar-refractivity contribution < 1.29 is 0 Å². The molecule has 2 nitrogen and oxygen atoms in total. The van der Waals surface area contributed by atoms with Gasteiger partial charge in [-0.3, -0.25) is 0 Å². The Kier molecular flexibility index (Phi) is 2.97. The molecule has 1 aromatic heterocycles. The van der Waals surface area contributed by atoms with Gasteiger partial charge in [0.1, 0.15) is 0 Å². The molecular formula is C18H20N2. The average Bonchev–Trinajstić information content (AvgIpc) is 2.42. The molecule has 1 heterocycles. The summed E-state index contributed by atoms with van der Waals surface area (Å²) in [4.78, 5) is 9.51. The first-order valence-corrected chi connectivity index (χ1v) is 7.18. The Balaban J connectivity index is 2.24. The molecule has 2 aromatic carbocycles. The van der Waals surface area contributed by atoms with Crippen molar-refractivity contribution in [3.63, 3.8) is 0 Å². The molecule has 0 radical (unpaired) electrons. The zero-order valence-electron chi connectivity index (χ0n) is 12.6. The molecule has 0 aliphatic carbocycles. The number of benzene rings is 2. The van der Waals surface area contributed by atoms with Crippen LogP contribution in [0.5, 0.6) is 0 Å². The van der Waals surface area contributed by atoms with Gasteiger partial charge in [-0.2, -0.15) is 0 Å². The molecule has 3 rings (SSSR count). The monoisotopic (exact) mass is 264 g/mol. The van der Waals surface area contributed by atoms with Crippen LogP contribution in [0, 0.1) is 0 Å². The fraction of sp³-hybridized carbons (Fsp3) is 0.333. The first-order chi connectivity index (χ1) is 9.47. The summed E-state index contributed by atoms with van der Waals surface area (Å²) in [6.07, 6.45) is 1.03. The summed E-state index contributed by atoms with van der Waals surface area (Å²) in [6.45, 7) is 8.81. The third-order valence-corrected chi connectivity index (χ3v) is 3.77. The SMILES string of the molecule is CCc1ccc2nc3cc(C(C)(C)C)ccc3nc2c1. The van der Waals surface area contributed by atoms with Gasteiger partial charge in [-0.15, -0.1) is 0 Å². The van der Waals surface area contributed by atoms with Crippen molar-refractivity contribution in [3.8, 4) is 0 Å². The van der Waals surface area contributed by atoms with Crippen LogP contribution < -0.4 is 0 Å². The van der Waals surface area contributed by atoms with E-state index < -0.39 is 0 Å². The second-order valence-corrected chi connectivity index (χ2v) is 6.35. The van der Waals surface area contributed by atoms with Crippen LogP contribution in [0.25, 0.3) is 22.1 Å². The summed E-state index contributed by atoms with van der Waals surface area (Å²) < 4.78 is 0. The molecule has 0 bridgehead atoms. The highest BCUT2D eigenvalue weighted by Gasteiger charge is 2.14. The Hall–Kier alpha value is -1.96. The molecule has 3 aromatic rings. The summed E-state index contributed by atoms with van der Waals surface area (Å²) in [6, 6.07) is 12.8. The molecule has 0 fully saturated rings. The van der Waals surface area contributed by atoms with Gasteiger partial charge < -0.3 is 0 Å². The summed E-state index contributed by atoms with van der Waals surface area (Å²) in [5.74, 6) is 0. The van der Waals surface area contributed by atoms with Gasteiger partial charge in [-0.1, -0.05) is 39.8 Å². The summed E-state index contributed by atoms with van der Waals surface area (Å²) in [7, 11) is 0. The first kappa shape index (κ1) is 13.0. The fourth-order valence-corrected chi connectivity index (χ4v) is 2.41. The highest BCUT2D eigenvalue weighted by Crippen LogP contribution is 2.26. The van der Waals surface area contributed by atoms with E-state index in [-0.39, 0.29) is 5.41 Å². The number of hydrogen-bond donors (Lipinski definition) is 0. The lowest BCUT2D eigenvalue weighted by Gasteiger charge is -2.19. The van der Waals surface area contributed by atoms with E-state index in [9.17, 15) is 0 Å². The second-order valence-electron chi connectivity index (χ2n) is 6.35. The van der Waals surface area contributed by atoms with Gasteiger partial charge >= 0.3 is 0 Å². The quantitative estimate of drug-likeness (QED) is 0.598. The van der Waals surface area contributed by atoms with Crippen molar-refractivity contribution in [3.05, 3.63) is 47.5 Å². The standard InChI is InChI=1S/C18H20N2/c1-5-12-6-8-14-16(10-12)19-15-9-7-13(18(2,3)4)11-17(15)20-14/h6-11H,5H2,1-4H3. The molecule has 20 heavy (non-hydrogen) atoms. The Morgan fingerprint density at radius 3 is 2.00 bits per heavy atom. The third kappa shape index (κ3) is 2.26. The molecule has 0 unspecified atom stereocenters. The van der Waals surface area contributed by atoms with Gasteiger partial charge in [0, 0.05) is 0 Å². The fourth-order valence-electron chi connectivity index (χ4n) is 2.41. The van der Waals surface area contributed by atoms with Gasteiger partial charge in [-0.25, -0.2) is 9.97 Å². The van der Waals surface area contributed by atoms with E-state index in [0.29, 0.717) is 0 Å². The lowest BCUT2D eigenvalue weighted by Crippen LogP contribution is -2.10. The molecule has 0 aliphatic rings. The van der Waals surface area contributed by atoms with Gasteiger partial charge in [0.15, 0.2) is 0 Å². The van der Waals surface area contributed by atoms with E-state index in [1.165, 1.54) is 11.1 Å². The molecule has 0 saturated heterocycles. The van der Waals surface area contributed by atoms with Crippen LogP contribution in [0.2, 0.25) is 0 Å². The van der Waals surface area contributed by atoms with Crippen molar-refractivity contribution in [2.45, 2.75) is 39.5 Å². The molecule has 0 spiro atoms. The van der Waals surface area contributed by atoms with Crippen molar-refractivity contribution in [1.82, 2.24) is 9.97 Å². The Morgan fingerprint density at radius 2 is 1.40 bits per heavy atom. The van der Waals surface area contributed by atoms with Crippen molar-refractivity contribution in [1.29, 1.82) is 0 Å². The Morgan fingerprint density at radius 1 is 0.800 bits per heavy atom. The minimum Gasteiger partial charge on any atom is -0.244 e. The molecule has 0 saturated carbocycles. The van der Waals surface area contributed by atoms with Crippen molar-refractivity contribution in [2.24, 2.45) is 0 Å². The largest absolute Gasteiger partial charge is 0.244 e. The number of aryl methyl sites for hydroxylation is 1. The maximum atomic E-state index is 4.76. The van der Waals surface area contributed by atoms with E-state index in [1.807, 2.05) is 0 Å². The van der Waals surface area contributed by atoms with Crippen LogP contribution in [0.3, 0.4) is 0 Å². The predicted octanol–water partition coefficient (Wildman–Crippen LogP) is 4.64. The van der Waals surface area contributed by atoms with Crippen LogP contribution in [0.1, 0.15) is 38.8 Å². The number of aromatic nitrogens is 2. The number of rotatable bonds is 1. The average molecular weight is 264 g/mol. The van der Waals surface area contributed by atoms with Crippen LogP contribution in [0.4, 0.5) is 0 Å². The summed E-state index contributed by atoms with van der Waals surface area (Å²) in [5, 5.41) is 0. The third-order valence-electron chi connectivity index (χ3n) is 3.77. The normalized spacial score (nSPS) is 12.2. The minimum atomic E-state index is 0.136. The van der Waals surface area contributed by atoms with Crippen LogP contribution in [0.15, 0.2) is 36.4 Å². The number of hydrogen-bond acceptors (Lipinski definition) is 2. The van der Waals surface area contributed by atoms with Crippen molar-refractivity contribution in [2.75, 3.05) is 0 Å². The van der Waals surface area contributed by atoms with Crippen molar-refractivity contribution >= 4 is 22.1 Å². The molecule has 102 valence electrons. The number of nitrogens with zero attached hydrogens (tertiary/aromatic N) is 2. The van der Waals surface area contributed by atoms with E-state index in [1.54, 1.807) is 0 Å². The maximum absolute atomic E-state index is 4.76. The maximum Gasteiger partial charge on any atom is 0.0897 e. The highest BCUT2D eigenvalue weighted by atomic mass is 14.8. The Bertz CT molecular complexity index is 782. The highest BCUT2D eigenvalue weighted by molar-refractivity contribution is 5.86. The van der Waals surface area contributed by atoms with Crippen LogP contribution in [-0.2, 0) is 11.8 Å². The lowest BCUT2D eigenvalue weighted by atomic mass is 9.87. The minimum absolute atomic E-state index is 0.136.